The van der Waals surface area contributed by atoms with E-state index in [0.717, 1.165) is 18.3 Å². The van der Waals surface area contributed by atoms with Crippen LogP contribution in [0, 0.1) is 6.92 Å². The number of rotatable bonds is 5. The van der Waals surface area contributed by atoms with Crippen molar-refractivity contribution in [2.24, 2.45) is 0 Å². The van der Waals surface area contributed by atoms with Gasteiger partial charge in [0.1, 0.15) is 17.0 Å². The van der Waals surface area contributed by atoms with Crippen molar-refractivity contribution in [2.45, 2.75) is 26.2 Å². The van der Waals surface area contributed by atoms with Gasteiger partial charge in [-0.05, 0) is 25.1 Å². The first-order valence-electron chi connectivity index (χ1n) is 8.60. The summed E-state index contributed by atoms with van der Waals surface area (Å²) in [5.74, 6) is 1.18. The first-order chi connectivity index (χ1) is 13.8. The van der Waals surface area contributed by atoms with Gasteiger partial charge in [0.15, 0.2) is 5.82 Å². The fraction of sp³-hybridized carbons (Fsp3) is 0.222. The number of hydrogen-bond acceptors (Lipinski definition) is 7. The molecular weight excluding hydrogens is 387 g/mol. The molecule has 0 saturated carbocycles. The topological polar surface area (TPSA) is 108 Å². The molecule has 0 bridgehead atoms. The zero-order valence-electron chi connectivity index (χ0n) is 15.2. The van der Waals surface area contributed by atoms with Crippen LogP contribution in [-0.2, 0) is 19.3 Å². The molecule has 4 heterocycles. The fourth-order valence-electron chi connectivity index (χ4n) is 2.97. The van der Waals surface area contributed by atoms with Gasteiger partial charge in [0.25, 0.3) is 0 Å². The maximum Gasteiger partial charge on any atom is 0.416 e. The van der Waals surface area contributed by atoms with Crippen LogP contribution in [0.3, 0.4) is 0 Å². The van der Waals surface area contributed by atoms with Crippen LogP contribution in [0.1, 0.15) is 22.7 Å². The number of hydrogen-bond donors (Lipinski definition) is 2. The first-order valence-corrected chi connectivity index (χ1v) is 8.60. The van der Waals surface area contributed by atoms with E-state index < -0.39 is 11.7 Å². The Balaban J connectivity index is 1.67. The second kappa shape index (κ2) is 7.08. The molecule has 8 nitrogen and oxygen atoms in total. The van der Waals surface area contributed by atoms with Gasteiger partial charge >= 0.3 is 6.18 Å². The number of nitrogens with one attached hydrogen (secondary N) is 1. The summed E-state index contributed by atoms with van der Waals surface area (Å²) in [7, 11) is 0. The zero-order chi connectivity index (χ0) is 20.6. The van der Waals surface area contributed by atoms with Crippen LogP contribution in [0.5, 0.6) is 0 Å². The minimum atomic E-state index is -4.43. The number of alkyl halides is 3. The van der Waals surface area contributed by atoms with Crippen molar-refractivity contribution in [3.8, 4) is 0 Å². The van der Waals surface area contributed by atoms with Gasteiger partial charge in [-0.25, -0.2) is 4.98 Å². The Morgan fingerprint density at radius 3 is 2.72 bits per heavy atom. The number of halogens is 3. The Morgan fingerprint density at radius 1 is 1.17 bits per heavy atom. The lowest BCUT2D eigenvalue weighted by atomic mass is 10.2. The van der Waals surface area contributed by atoms with Gasteiger partial charge in [0.2, 0.25) is 5.95 Å². The van der Waals surface area contributed by atoms with E-state index in [1.807, 2.05) is 0 Å². The highest BCUT2D eigenvalue weighted by Gasteiger charge is 2.30. The minimum absolute atomic E-state index is 0.0753. The highest BCUT2D eigenvalue weighted by atomic mass is 19.4. The average molecular weight is 403 g/mol. The van der Waals surface area contributed by atoms with Gasteiger partial charge in [0, 0.05) is 18.5 Å². The summed E-state index contributed by atoms with van der Waals surface area (Å²) in [5.41, 5.74) is 7.12. The van der Waals surface area contributed by atoms with Crippen molar-refractivity contribution in [3.63, 3.8) is 0 Å². The molecule has 4 aromatic rings. The second-order valence-corrected chi connectivity index (χ2v) is 6.42. The number of aromatic nitrogens is 5. The van der Waals surface area contributed by atoms with E-state index in [1.165, 1.54) is 0 Å². The summed E-state index contributed by atoms with van der Waals surface area (Å²) in [6.07, 6.45) is -1.59. The van der Waals surface area contributed by atoms with Crippen LogP contribution < -0.4 is 11.1 Å². The summed E-state index contributed by atoms with van der Waals surface area (Å²) < 4.78 is 45.7. The third kappa shape index (κ3) is 3.98. The largest absolute Gasteiger partial charge is 0.416 e. The smallest absolute Gasteiger partial charge is 0.368 e. The van der Waals surface area contributed by atoms with Crippen molar-refractivity contribution < 1.29 is 17.7 Å². The van der Waals surface area contributed by atoms with E-state index in [-0.39, 0.29) is 18.2 Å². The van der Waals surface area contributed by atoms with Gasteiger partial charge in [-0.1, -0.05) is 5.16 Å². The summed E-state index contributed by atoms with van der Waals surface area (Å²) in [4.78, 5) is 12.5. The molecule has 3 N–H and O–H groups in total. The lowest BCUT2D eigenvalue weighted by Crippen LogP contribution is -2.10. The molecule has 29 heavy (non-hydrogen) atoms. The normalized spacial score (nSPS) is 11.9. The number of nitrogen functional groups attached to an aromatic ring is 1. The summed E-state index contributed by atoms with van der Waals surface area (Å²) in [5, 5.41) is 7.04. The van der Waals surface area contributed by atoms with E-state index >= 15 is 0 Å². The maximum absolute atomic E-state index is 13.0. The van der Waals surface area contributed by atoms with Crippen molar-refractivity contribution in [1.29, 1.82) is 0 Å². The van der Waals surface area contributed by atoms with Gasteiger partial charge in [-0.3, -0.25) is 4.98 Å². The minimum Gasteiger partial charge on any atom is -0.368 e. The SMILES string of the molecule is Cc1cc(CNc2nc(N)nc3ccn(Cc4cc(C(F)(F)F)ccn4)c23)no1. The number of anilines is 2. The third-order valence-electron chi connectivity index (χ3n) is 4.22. The predicted octanol–water partition coefficient (Wildman–Crippen LogP) is 3.38. The van der Waals surface area contributed by atoms with Gasteiger partial charge in [-0.15, -0.1) is 0 Å². The Bertz CT molecular complexity index is 1170. The van der Waals surface area contributed by atoms with Gasteiger partial charge < -0.3 is 20.1 Å². The third-order valence-corrected chi connectivity index (χ3v) is 4.22. The van der Waals surface area contributed by atoms with E-state index in [2.05, 4.69) is 25.4 Å². The van der Waals surface area contributed by atoms with Crippen molar-refractivity contribution in [3.05, 3.63) is 59.4 Å². The number of pyridine rings is 1. The van der Waals surface area contributed by atoms with Crippen molar-refractivity contribution in [2.75, 3.05) is 11.1 Å². The number of aryl methyl sites for hydroxylation is 1. The van der Waals surface area contributed by atoms with Crippen LogP contribution in [-0.4, -0.2) is 24.7 Å². The molecule has 0 saturated heterocycles. The van der Waals surface area contributed by atoms with Crippen LogP contribution in [0.2, 0.25) is 0 Å². The molecule has 0 radical (unpaired) electrons. The first kappa shape index (κ1) is 18.7. The molecule has 0 aliphatic heterocycles. The van der Waals surface area contributed by atoms with Crippen LogP contribution >= 0.6 is 0 Å². The molecule has 0 aromatic carbocycles. The highest BCUT2D eigenvalue weighted by Crippen LogP contribution is 2.30. The van der Waals surface area contributed by atoms with E-state index in [0.29, 0.717) is 34.9 Å². The maximum atomic E-state index is 13.0. The van der Waals surface area contributed by atoms with Gasteiger partial charge in [0.05, 0.1) is 29.9 Å². The highest BCUT2D eigenvalue weighted by molar-refractivity contribution is 5.87. The lowest BCUT2D eigenvalue weighted by molar-refractivity contribution is -0.137. The number of fused-ring (bicyclic) bond motifs is 1. The molecule has 150 valence electrons. The number of nitrogens with two attached hydrogens (primary N) is 1. The van der Waals surface area contributed by atoms with Crippen LogP contribution in [0.4, 0.5) is 24.9 Å². The Morgan fingerprint density at radius 2 is 2.00 bits per heavy atom. The summed E-state index contributed by atoms with van der Waals surface area (Å²) in [6.45, 7) is 2.22. The molecule has 0 atom stereocenters. The van der Waals surface area contributed by atoms with Gasteiger partial charge in [-0.2, -0.15) is 18.2 Å². The quantitative estimate of drug-likeness (QED) is 0.526. The monoisotopic (exact) mass is 403 g/mol. The zero-order valence-corrected chi connectivity index (χ0v) is 15.2. The van der Waals surface area contributed by atoms with Crippen molar-refractivity contribution >= 4 is 22.8 Å². The number of nitrogens with zero attached hydrogens (tertiary/aromatic N) is 5. The van der Waals surface area contributed by atoms with E-state index in [1.54, 1.807) is 29.8 Å². The molecule has 0 spiro atoms. The van der Waals surface area contributed by atoms with Crippen molar-refractivity contribution in [1.82, 2.24) is 24.7 Å². The second-order valence-electron chi connectivity index (χ2n) is 6.42. The average Bonchev–Trinajstić information content (AvgIpc) is 3.25. The molecular formula is C18H16F3N7O. The Hall–Kier alpha value is -3.63. The molecule has 0 aliphatic rings. The Kier molecular flexibility index (Phi) is 4.57. The summed E-state index contributed by atoms with van der Waals surface area (Å²) >= 11 is 0. The fourth-order valence-corrected chi connectivity index (χ4v) is 2.97. The molecule has 0 amide bonds. The predicted molar refractivity (Wildman–Crippen MR) is 98.8 cm³/mol. The molecule has 0 fully saturated rings. The molecule has 4 aromatic heterocycles. The molecule has 0 unspecified atom stereocenters. The molecule has 4 rings (SSSR count). The summed E-state index contributed by atoms with van der Waals surface area (Å²) in [6, 6.07) is 5.45. The van der Waals surface area contributed by atoms with E-state index in [4.69, 9.17) is 10.3 Å². The molecule has 0 aliphatic carbocycles. The Labute approximate surface area is 162 Å². The van der Waals surface area contributed by atoms with Crippen LogP contribution in [0.25, 0.3) is 11.0 Å². The standard InChI is InChI=1S/C18H16F3N7O/c1-10-6-12(27-29-10)8-24-16-15-14(25-17(22)26-16)3-5-28(15)9-13-7-11(2-4-23-13)18(19,20)21/h2-7H,8-9H2,1H3,(H3,22,24,25,26). The molecule has 11 heteroatoms. The van der Waals surface area contributed by atoms with E-state index in [9.17, 15) is 13.2 Å². The van der Waals surface area contributed by atoms with Crippen LogP contribution in [0.15, 0.2) is 41.2 Å². The lowest BCUT2D eigenvalue weighted by Gasteiger charge is -2.12.